The van der Waals surface area contributed by atoms with Crippen LogP contribution in [0.4, 0.5) is 0 Å². The Bertz CT molecular complexity index is 1080. The molecule has 1 fully saturated rings. The van der Waals surface area contributed by atoms with Crippen LogP contribution in [0.5, 0.6) is 5.75 Å². The molecule has 7 nitrogen and oxygen atoms in total. The number of ether oxygens (including phenoxy) is 2. The Morgan fingerprint density at radius 3 is 3.00 bits per heavy atom. The van der Waals surface area contributed by atoms with Gasteiger partial charge in [0.15, 0.2) is 0 Å². The summed E-state index contributed by atoms with van der Waals surface area (Å²) < 4.78 is 11.2. The van der Waals surface area contributed by atoms with Crippen molar-refractivity contribution in [3.8, 4) is 5.75 Å². The number of morpholine rings is 1. The molecule has 2 amide bonds. The molecule has 30 heavy (non-hydrogen) atoms. The van der Waals surface area contributed by atoms with E-state index in [1.165, 1.54) is 11.3 Å². The third-order valence-electron chi connectivity index (χ3n) is 5.13. The van der Waals surface area contributed by atoms with Gasteiger partial charge < -0.3 is 19.7 Å². The van der Waals surface area contributed by atoms with Crippen molar-refractivity contribution in [2.45, 2.75) is 19.6 Å². The number of pyridine rings is 1. The highest BCUT2D eigenvalue weighted by Gasteiger charge is 2.30. The topological polar surface area (TPSA) is 80.8 Å². The first-order valence-corrected chi connectivity index (χ1v) is 10.5. The molecule has 3 heterocycles. The van der Waals surface area contributed by atoms with Crippen molar-refractivity contribution in [3.63, 3.8) is 0 Å². The molecule has 1 aliphatic heterocycles. The lowest BCUT2D eigenvalue weighted by Gasteiger charge is -2.32. The highest BCUT2D eigenvalue weighted by Crippen LogP contribution is 2.37. The molecule has 1 atom stereocenters. The number of rotatable bonds is 5. The molecule has 1 aromatic carbocycles. The number of thiophene rings is 1. The van der Waals surface area contributed by atoms with Crippen LogP contribution in [-0.2, 0) is 16.1 Å². The van der Waals surface area contributed by atoms with Gasteiger partial charge in [-0.2, -0.15) is 0 Å². The van der Waals surface area contributed by atoms with Crippen molar-refractivity contribution < 1.29 is 19.1 Å². The number of carbonyl (C=O) groups is 2. The summed E-state index contributed by atoms with van der Waals surface area (Å²) >= 11 is 1.35. The molecule has 0 bridgehead atoms. The third-order valence-corrected chi connectivity index (χ3v) is 6.26. The summed E-state index contributed by atoms with van der Waals surface area (Å²) in [7, 11) is 1.61. The standard InChI is InChI=1S/C22H23N3O4S/c1-14(26)25-9-10-29-18(13-25)19-17-7-4-8-23-22(17)30-20(19)21(27)24-12-15-5-3-6-16(11-15)28-2/h3-8,11,18H,9-10,12-13H2,1-2H3,(H,24,27)/t18-/m0/s1. The number of fused-ring (bicyclic) bond motifs is 1. The molecule has 0 spiro atoms. The lowest BCUT2D eigenvalue weighted by molar-refractivity contribution is -0.136. The van der Waals surface area contributed by atoms with Crippen molar-refractivity contribution in [1.82, 2.24) is 15.2 Å². The van der Waals surface area contributed by atoms with Gasteiger partial charge in [-0.05, 0) is 23.8 Å². The van der Waals surface area contributed by atoms with E-state index in [0.29, 0.717) is 31.1 Å². The van der Waals surface area contributed by atoms with Gasteiger partial charge in [-0.1, -0.05) is 18.2 Å². The maximum absolute atomic E-state index is 13.1. The van der Waals surface area contributed by atoms with E-state index in [4.69, 9.17) is 9.47 Å². The summed E-state index contributed by atoms with van der Waals surface area (Å²) in [5.74, 6) is 0.567. The van der Waals surface area contributed by atoms with Gasteiger partial charge in [0.1, 0.15) is 21.6 Å². The van der Waals surface area contributed by atoms with Crippen LogP contribution in [0.3, 0.4) is 0 Å². The predicted molar refractivity (Wildman–Crippen MR) is 115 cm³/mol. The maximum atomic E-state index is 13.1. The van der Waals surface area contributed by atoms with Gasteiger partial charge >= 0.3 is 0 Å². The number of benzene rings is 1. The zero-order chi connectivity index (χ0) is 21.1. The minimum Gasteiger partial charge on any atom is -0.497 e. The van der Waals surface area contributed by atoms with E-state index in [1.54, 1.807) is 25.1 Å². The van der Waals surface area contributed by atoms with Crippen LogP contribution in [0.25, 0.3) is 10.2 Å². The van der Waals surface area contributed by atoms with E-state index in [1.807, 2.05) is 36.4 Å². The molecule has 0 saturated carbocycles. The zero-order valence-electron chi connectivity index (χ0n) is 16.9. The fourth-order valence-electron chi connectivity index (χ4n) is 3.59. The van der Waals surface area contributed by atoms with Crippen molar-refractivity contribution in [3.05, 3.63) is 58.6 Å². The van der Waals surface area contributed by atoms with Crippen LogP contribution in [0.2, 0.25) is 0 Å². The minimum absolute atomic E-state index is 0.00462. The summed E-state index contributed by atoms with van der Waals surface area (Å²) in [4.78, 5) is 32.5. The van der Waals surface area contributed by atoms with Crippen LogP contribution in [0, 0.1) is 0 Å². The maximum Gasteiger partial charge on any atom is 0.262 e. The molecule has 0 aliphatic carbocycles. The Kier molecular flexibility index (Phi) is 5.96. The number of carbonyl (C=O) groups excluding carboxylic acids is 2. The Morgan fingerprint density at radius 2 is 2.20 bits per heavy atom. The largest absolute Gasteiger partial charge is 0.497 e. The third kappa shape index (κ3) is 4.15. The number of methoxy groups -OCH3 is 1. The quantitative estimate of drug-likeness (QED) is 0.679. The number of nitrogens with zero attached hydrogens (tertiary/aromatic N) is 2. The number of hydrogen-bond donors (Lipinski definition) is 1. The van der Waals surface area contributed by atoms with E-state index < -0.39 is 0 Å². The Morgan fingerprint density at radius 1 is 1.33 bits per heavy atom. The van der Waals surface area contributed by atoms with Crippen LogP contribution in [0.1, 0.15) is 33.8 Å². The molecule has 1 aliphatic rings. The van der Waals surface area contributed by atoms with E-state index in [-0.39, 0.29) is 17.9 Å². The van der Waals surface area contributed by atoms with E-state index in [0.717, 1.165) is 27.1 Å². The molecule has 1 N–H and O–H groups in total. The first kappa shape index (κ1) is 20.3. The molecule has 2 aromatic heterocycles. The summed E-state index contributed by atoms with van der Waals surface area (Å²) in [5.41, 5.74) is 1.75. The van der Waals surface area contributed by atoms with Crippen LogP contribution < -0.4 is 10.1 Å². The molecule has 156 valence electrons. The van der Waals surface area contributed by atoms with Crippen LogP contribution >= 0.6 is 11.3 Å². The molecule has 3 aromatic rings. The predicted octanol–water partition coefficient (Wildman–Crippen LogP) is 3.15. The van der Waals surface area contributed by atoms with Crippen molar-refractivity contribution in [2.24, 2.45) is 0 Å². The van der Waals surface area contributed by atoms with Gasteiger partial charge in [0.2, 0.25) is 5.91 Å². The number of hydrogen-bond acceptors (Lipinski definition) is 6. The SMILES string of the molecule is COc1cccc(CNC(=O)c2sc3ncccc3c2[C@@H]2CN(C(C)=O)CCO2)c1. The smallest absolute Gasteiger partial charge is 0.262 e. The summed E-state index contributed by atoms with van der Waals surface area (Å²) in [5, 5.41) is 3.89. The highest BCUT2D eigenvalue weighted by atomic mass is 32.1. The zero-order valence-corrected chi connectivity index (χ0v) is 17.7. The van der Waals surface area contributed by atoms with Gasteiger partial charge in [-0.25, -0.2) is 4.98 Å². The second-order valence-electron chi connectivity index (χ2n) is 7.06. The monoisotopic (exact) mass is 425 g/mol. The lowest BCUT2D eigenvalue weighted by atomic mass is 10.0. The Balaban J connectivity index is 1.62. The molecular formula is C22H23N3O4S. The molecule has 8 heteroatoms. The van der Waals surface area contributed by atoms with Gasteiger partial charge in [0, 0.05) is 37.2 Å². The Hall–Kier alpha value is -2.97. The van der Waals surface area contributed by atoms with Crippen molar-refractivity contribution in [1.29, 1.82) is 0 Å². The first-order valence-electron chi connectivity index (χ1n) is 9.72. The van der Waals surface area contributed by atoms with Gasteiger partial charge in [0.05, 0.1) is 20.3 Å². The number of nitrogens with one attached hydrogen (secondary N) is 1. The summed E-state index contributed by atoms with van der Waals surface area (Å²) in [6.07, 6.45) is 1.35. The van der Waals surface area contributed by atoms with E-state index in [2.05, 4.69) is 10.3 Å². The second kappa shape index (κ2) is 8.81. The molecule has 1 saturated heterocycles. The molecule has 0 unspecified atom stereocenters. The Labute approximate surface area is 178 Å². The van der Waals surface area contributed by atoms with Gasteiger partial charge in [-0.15, -0.1) is 11.3 Å². The number of aromatic nitrogens is 1. The normalized spacial score (nSPS) is 16.5. The highest BCUT2D eigenvalue weighted by molar-refractivity contribution is 7.20. The fraction of sp³-hybridized carbons (Fsp3) is 0.318. The molecular weight excluding hydrogens is 402 g/mol. The van der Waals surface area contributed by atoms with Gasteiger partial charge in [0.25, 0.3) is 5.91 Å². The average molecular weight is 426 g/mol. The summed E-state index contributed by atoms with van der Waals surface area (Å²) in [6.45, 7) is 3.35. The van der Waals surface area contributed by atoms with Crippen LogP contribution in [0.15, 0.2) is 42.6 Å². The van der Waals surface area contributed by atoms with Gasteiger partial charge in [-0.3, -0.25) is 9.59 Å². The van der Waals surface area contributed by atoms with Crippen molar-refractivity contribution in [2.75, 3.05) is 26.8 Å². The second-order valence-corrected chi connectivity index (χ2v) is 8.06. The average Bonchev–Trinajstić information content (AvgIpc) is 3.17. The van der Waals surface area contributed by atoms with E-state index in [9.17, 15) is 9.59 Å². The van der Waals surface area contributed by atoms with Crippen molar-refractivity contribution >= 4 is 33.4 Å². The first-order chi connectivity index (χ1) is 14.6. The molecule has 0 radical (unpaired) electrons. The lowest BCUT2D eigenvalue weighted by Crippen LogP contribution is -2.41. The number of amides is 2. The van der Waals surface area contributed by atoms with Crippen LogP contribution in [-0.4, -0.2) is 48.5 Å². The fourth-order valence-corrected chi connectivity index (χ4v) is 4.71. The minimum atomic E-state index is -0.363. The molecule has 4 rings (SSSR count). The summed E-state index contributed by atoms with van der Waals surface area (Å²) in [6, 6.07) is 11.4. The van der Waals surface area contributed by atoms with E-state index >= 15 is 0 Å².